The molecule has 0 aliphatic carbocycles. The zero-order valence-corrected chi connectivity index (χ0v) is 12.7. The molecular formula is C15H27NO4. The molecule has 0 bridgehead atoms. The Labute approximate surface area is 121 Å². The summed E-state index contributed by atoms with van der Waals surface area (Å²) in [6, 6.07) is 0. The Morgan fingerprint density at radius 3 is 2.35 bits per heavy atom. The Kier molecular flexibility index (Phi) is 6.99. The van der Waals surface area contributed by atoms with Crippen LogP contribution in [-0.2, 0) is 14.3 Å². The Morgan fingerprint density at radius 1 is 1.25 bits per heavy atom. The predicted octanol–water partition coefficient (Wildman–Crippen LogP) is 1.91. The number of carbonyl (C=O) groups excluding carboxylic acids is 1. The van der Waals surface area contributed by atoms with E-state index in [0.29, 0.717) is 31.5 Å². The van der Waals surface area contributed by atoms with E-state index in [4.69, 9.17) is 9.84 Å². The minimum atomic E-state index is -0.835. The molecular weight excluding hydrogens is 258 g/mol. The number of carbonyl (C=O) groups is 2. The van der Waals surface area contributed by atoms with Crippen molar-refractivity contribution in [2.75, 3.05) is 19.8 Å². The second-order valence-corrected chi connectivity index (χ2v) is 6.15. The lowest BCUT2D eigenvalue weighted by atomic mass is 9.86. The highest BCUT2D eigenvalue weighted by Crippen LogP contribution is 2.23. The van der Waals surface area contributed by atoms with Crippen molar-refractivity contribution in [3.8, 4) is 0 Å². The summed E-state index contributed by atoms with van der Waals surface area (Å²) in [6.45, 7) is 7.55. The van der Waals surface area contributed by atoms with E-state index in [1.807, 2.05) is 20.8 Å². The summed E-state index contributed by atoms with van der Waals surface area (Å²) in [6.07, 6.45) is 2.40. The van der Waals surface area contributed by atoms with Gasteiger partial charge >= 0.3 is 5.97 Å². The molecule has 1 amide bonds. The lowest BCUT2D eigenvalue weighted by molar-refractivity contribution is -0.142. The summed E-state index contributed by atoms with van der Waals surface area (Å²) in [4.78, 5) is 23.3. The van der Waals surface area contributed by atoms with Crippen LogP contribution in [0, 0.1) is 23.7 Å². The van der Waals surface area contributed by atoms with Gasteiger partial charge in [0.05, 0.1) is 5.92 Å². The Hall–Kier alpha value is -1.10. The van der Waals surface area contributed by atoms with Crippen LogP contribution in [0.4, 0.5) is 0 Å². The third-order valence-electron chi connectivity index (χ3n) is 4.01. The summed E-state index contributed by atoms with van der Waals surface area (Å²) in [7, 11) is 0. The molecule has 1 aliphatic heterocycles. The minimum Gasteiger partial charge on any atom is -0.481 e. The molecule has 2 unspecified atom stereocenters. The van der Waals surface area contributed by atoms with Gasteiger partial charge in [0.2, 0.25) is 5.91 Å². The topological polar surface area (TPSA) is 75.6 Å². The first-order valence-corrected chi connectivity index (χ1v) is 7.50. The molecule has 5 nitrogen and oxygen atoms in total. The predicted molar refractivity (Wildman–Crippen MR) is 76.3 cm³/mol. The normalized spacial score (nSPS) is 19.6. The van der Waals surface area contributed by atoms with Crippen molar-refractivity contribution in [2.45, 2.75) is 40.0 Å². The van der Waals surface area contributed by atoms with Crippen molar-refractivity contribution in [3.63, 3.8) is 0 Å². The Balaban J connectivity index is 2.41. The summed E-state index contributed by atoms with van der Waals surface area (Å²) >= 11 is 0. The molecule has 2 N–H and O–H groups in total. The highest BCUT2D eigenvalue weighted by Gasteiger charge is 2.27. The number of aliphatic carboxylic acids is 1. The molecule has 116 valence electrons. The van der Waals surface area contributed by atoms with Crippen LogP contribution >= 0.6 is 0 Å². The zero-order chi connectivity index (χ0) is 15.1. The number of carboxylic acids is 1. The average molecular weight is 285 g/mol. The minimum absolute atomic E-state index is 0.0353. The maximum atomic E-state index is 12.1. The highest BCUT2D eigenvalue weighted by molar-refractivity contribution is 5.79. The molecule has 1 rings (SSSR count). The fourth-order valence-electron chi connectivity index (χ4n) is 2.66. The van der Waals surface area contributed by atoms with E-state index >= 15 is 0 Å². The number of hydrogen-bond acceptors (Lipinski definition) is 3. The van der Waals surface area contributed by atoms with Crippen molar-refractivity contribution < 1.29 is 19.4 Å². The van der Waals surface area contributed by atoms with E-state index in [2.05, 4.69) is 5.32 Å². The first kappa shape index (κ1) is 17.0. The van der Waals surface area contributed by atoms with Crippen LogP contribution < -0.4 is 5.32 Å². The highest BCUT2D eigenvalue weighted by atomic mass is 16.5. The number of hydrogen-bond donors (Lipinski definition) is 2. The fourth-order valence-corrected chi connectivity index (χ4v) is 2.66. The molecule has 0 radical (unpaired) electrons. The van der Waals surface area contributed by atoms with Gasteiger partial charge in [-0.15, -0.1) is 0 Å². The fraction of sp³-hybridized carbons (Fsp3) is 0.867. The van der Waals surface area contributed by atoms with Gasteiger partial charge in [0.15, 0.2) is 0 Å². The summed E-state index contributed by atoms with van der Waals surface area (Å²) < 4.78 is 5.29. The molecule has 1 saturated heterocycles. The van der Waals surface area contributed by atoms with Crippen molar-refractivity contribution in [2.24, 2.45) is 23.7 Å². The van der Waals surface area contributed by atoms with Gasteiger partial charge in [-0.2, -0.15) is 0 Å². The first-order valence-electron chi connectivity index (χ1n) is 7.50. The van der Waals surface area contributed by atoms with Crippen molar-refractivity contribution in [1.82, 2.24) is 5.32 Å². The number of rotatable bonds is 7. The Morgan fingerprint density at radius 2 is 1.85 bits per heavy atom. The number of ether oxygens (including phenoxy) is 1. The molecule has 2 atom stereocenters. The molecule has 0 aromatic heterocycles. The van der Waals surface area contributed by atoms with Crippen LogP contribution in [0.5, 0.6) is 0 Å². The van der Waals surface area contributed by atoms with Gasteiger partial charge in [-0.05, 0) is 31.1 Å². The summed E-state index contributed by atoms with van der Waals surface area (Å²) in [5.41, 5.74) is 0. The molecule has 20 heavy (non-hydrogen) atoms. The van der Waals surface area contributed by atoms with Gasteiger partial charge < -0.3 is 15.2 Å². The van der Waals surface area contributed by atoms with Gasteiger partial charge in [0, 0.05) is 25.7 Å². The van der Waals surface area contributed by atoms with Crippen LogP contribution in [0.15, 0.2) is 0 Å². The monoisotopic (exact) mass is 285 g/mol. The average Bonchev–Trinajstić information content (AvgIpc) is 2.42. The quantitative estimate of drug-likeness (QED) is 0.749. The third-order valence-corrected chi connectivity index (χ3v) is 4.01. The van der Waals surface area contributed by atoms with E-state index in [1.54, 1.807) is 0 Å². The zero-order valence-electron chi connectivity index (χ0n) is 12.7. The van der Waals surface area contributed by atoms with Crippen LogP contribution in [-0.4, -0.2) is 36.7 Å². The number of amides is 1. The van der Waals surface area contributed by atoms with Crippen LogP contribution in [0.1, 0.15) is 40.0 Å². The standard InChI is InChI=1S/C15H27NO4/c1-10(2)8-13(15(18)19)9-16-14(17)11(3)12-4-6-20-7-5-12/h10-13H,4-9H2,1-3H3,(H,16,17)(H,18,19). The lowest BCUT2D eigenvalue weighted by Gasteiger charge is -2.27. The summed E-state index contributed by atoms with van der Waals surface area (Å²) in [5.74, 6) is -0.795. The number of carboxylic acid groups (broad SMARTS) is 1. The molecule has 5 heteroatoms. The van der Waals surface area contributed by atoms with E-state index < -0.39 is 11.9 Å². The van der Waals surface area contributed by atoms with Crippen molar-refractivity contribution >= 4 is 11.9 Å². The van der Waals surface area contributed by atoms with Gasteiger partial charge in [-0.3, -0.25) is 9.59 Å². The molecule has 0 saturated carbocycles. The van der Waals surface area contributed by atoms with Gasteiger partial charge in [0.25, 0.3) is 0 Å². The van der Waals surface area contributed by atoms with Crippen molar-refractivity contribution in [3.05, 3.63) is 0 Å². The van der Waals surface area contributed by atoms with Crippen molar-refractivity contribution in [1.29, 1.82) is 0 Å². The second kappa shape index (κ2) is 8.25. The third kappa shape index (κ3) is 5.49. The van der Waals surface area contributed by atoms with Crippen LogP contribution in [0.25, 0.3) is 0 Å². The molecule has 1 fully saturated rings. The maximum absolute atomic E-state index is 12.1. The smallest absolute Gasteiger partial charge is 0.308 e. The van der Waals surface area contributed by atoms with E-state index in [0.717, 1.165) is 12.8 Å². The summed E-state index contributed by atoms with van der Waals surface area (Å²) in [5, 5.41) is 12.0. The van der Waals surface area contributed by atoms with Gasteiger partial charge in [-0.25, -0.2) is 0 Å². The molecule has 1 heterocycles. The first-order chi connectivity index (χ1) is 9.41. The number of nitrogens with one attached hydrogen (secondary N) is 1. The SMILES string of the molecule is CC(C)CC(CNC(=O)C(C)C1CCOCC1)C(=O)O. The molecule has 0 aromatic rings. The molecule has 0 spiro atoms. The largest absolute Gasteiger partial charge is 0.481 e. The lowest BCUT2D eigenvalue weighted by Crippen LogP contribution is -2.39. The van der Waals surface area contributed by atoms with Crippen LogP contribution in [0.2, 0.25) is 0 Å². The molecule has 0 aromatic carbocycles. The second-order valence-electron chi connectivity index (χ2n) is 6.15. The van der Waals surface area contributed by atoms with E-state index in [-0.39, 0.29) is 18.4 Å². The van der Waals surface area contributed by atoms with E-state index in [1.165, 1.54) is 0 Å². The Bertz CT molecular complexity index is 324. The van der Waals surface area contributed by atoms with Crippen LogP contribution in [0.3, 0.4) is 0 Å². The van der Waals surface area contributed by atoms with Gasteiger partial charge in [-0.1, -0.05) is 20.8 Å². The van der Waals surface area contributed by atoms with Gasteiger partial charge in [0.1, 0.15) is 0 Å². The maximum Gasteiger partial charge on any atom is 0.308 e. The molecule has 1 aliphatic rings. The van der Waals surface area contributed by atoms with E-state index in [9.17, 15) is 9.59 Å².